The molecule has 0 aliphatic carbocycles. The van der Waals surface area contributed by atoms with Crippen LogP contribution in [0.25, 0.3) is 0 Å². The summed E-state index contributed by atoms with van der Waals surface area (Å²) in [5.41, 5.74) is 0. The minimum Gasteiger partial charge on any atom is -0.324 e. The third-order valence-corrected chi connectivity index (χ3v) is 6.90. The summed E-state index contributed by atoms with van der Waals surface area (Å²) < 4.78 is 21.1. The van der Waals surface area contributed by atoms with Gasteiger partial charge < -0.3 is 19.6 Å². The molecule has 0 amide bonds. The van der Waals surface area contributed by atoms with Gasteiger partial charge in [-0.3, -0.25) is 9.13 Å². The normalized spacial score (nSPS) is 11.2. The van der Waals surface area contributed by atoms with E-state index >= 15 is 0 Å². The SMILES string of the molecule is CCCCCCCCCCCCP(=O)(O)O.CCCCCCCCCCP(=O)(O)O.[Co].[Co]. The van der Waals surface area contributed by atoms with Crippen LogP contribution in [-0.4, -0.2) is 31.9 Å². The van der Waals surface area contributed by atoms with Crippen molar-refractivity contribution in [2.75, 3.05) is 12.3 Å². The van der Waals surface area contributed by atoms with Crippen molar-refractivity contribution >= 4 is 15.2 Å². The molecule has 32 heavy (non-hydrogen) atoms. The zero-order chi connectivity index (χ0) is 23.1. The molecule has 6 nitrogen and oxygen atoms in total. The van der Waals surface area contributed by atoms with Crippen LogP contribution in [0.5, 0.6) is 0 Å². The Morgan fingerprint density at radius 1 is 0.406 bits per heavy atom. The largest absolute Gasteiger partial charge is 0.325 e. The first-order chi connectivity index (χ1) is 14.1. The Morgan fingerprint density at radius 2 is 0.594 bits per heavy atom. The Hall–Kier alpha value is 1.31. The summed E-state index contributed by atoms with van der Waals surface area (Å²) in [6.45, 7) is 4.42. The number of hydrogen-bond acceptors (Lipinski definition) is 2. The van der Waals surface area contributed by atoms with Crippen molar-refractivity contribution in [3.63, 3.8) is 0 Å². The quantitative estimate of drug-likeness (QED) is 0.0869. The third kappa shape index (κ3) is 44.9. The predicted molar refractivity (Wildman–Crippen MR) is 128 cm³/mol. The van der Waals surface area contributed by atoms with E-state index in [1.165, 1.54) is 77.0 Å². The molecule has 0 aliphatic heterocycles. The van der Waals surface area contributed by atoms with Gasteiger partial charge in [0.05, 0.1) is 0 Å². The Labute approximate surface area is 218 Å². The molecule has 0 rings (SSSR count). The summed E-state index contributed by atoms with van der Waals surface area (Å²) in [7, 11) is -7.47. The van der Waals surface area contributed by atoms with Crippen LogP contribution < -0.4 is 0 Å². The first-order valence-corrected chi connectivity index (χ1v) is 15.8. The second kappa shape index (κ2) is 28.5. The van der Waals surface area contributed by atoms with Crippen molar-refractivity contribution < 1.29 is 62.3 Å². The molecule has 0 aliphatic rings. The third-order valence-electron chi connectivity index (χ3n) is 5.11. The first-order valence-electron chi connectivity index (χ1n) is 12.2. The monoisotopic (exact) mass is 590 g/mol. The van der Waals surface area contributed by atoms with E-state index in [1.807, 2.05) is 0 Å². The molecule has 0 unspecified atom stereocenters. The molecule has 0 atom stereocenters. The van der Waals surface area contributed by atoms with Gasteiger partial charge in [-0.15, -0.1) is 0 Å². The molecular weight excluding hydrogens is 540 g/mol. The summed E-state index contributed by atoms with van der Waals surface area (Å²) in [5.74, 6) is 0. The molecule has 0 heterocycles. The molecule has 0 fully saturated rings. The number of rotatable bonds is 20. The fourth-order valence-electron chi connectivity index (χ4n) is 3.26. The van der Waals surface area contributed by atoms with E-state index in [-0.39, 0.29) is 45.9 Å². The van der Waals surface area contributed by atoms with Crippen LogP contribution in [-0.2, 0) is 42.7 Å². The van der Waals surface area contributed by atoms with E-state index in [4.69, 9.17) is 19.6 Å². The van der Waals surface area contributed by atoms with Crippen LogP contribution in [0.3, 0.4) is 0 Å². The van der Waals surface area contributed by atoms with E-state index in [9.17, 15) is 9.13 Å². The van der Waals surface area contributed by atoms with Gasteiger partial charge in [-0.1, -0.05) is 117 Å². The maximum absolute atomic E-state index is 10.6. The van der Waals surface area contributed by atoms with E-state index < -0.39 is 15.2 Å². The average Bonchev–Trinajstić information content (AvgIpc) is 2.64. The minimum atomic E-state index is -3.74. The van der Waals surface area contributed by atoms with Crippen molar-refractivity contribution in [2.24, 2.45) is 0 Å². The standard InChI is InChI=1S/C12H27O3P.C10H23O3P.2Co/c1-2-3-4-5-6-7-8-9-10-11-12-16(13,14)15;1-2-3-4-5-6-7-8-9-10-14(11,12)13;;/h2-12H2,1H3,(H2,13,14,15);2-10H2,1H3,(H2,11,12,13);;. The van der Waals surface area contributed by atoms with Crippen molar-refractivity contribution in [1.29, 1.82) is 0 Å². The summed E-state index contributed by atoms with van der Waals surface area (Å²) in [6.07, 6.45) is 21.1. The first kappa shape index (κ1) is 40.5. The van der Waals surface area contributed by atoms with E-state index in [0.29, 0.717) is 12.8 Å². The maximum Gasteiger partial charge on any atom is 0.325 e. The summed E-state index contributed by atoms with van der Waals surface area (Å²) in [4.78, 5) is 34.5. The summed E-state index contributed by atoms with van der Waals surface area (Å²) in [5, 5.41) is 0. The van der Waals surface area contributed by atoms with Crippen LogP contribution in [0.4, 0.5) is 0 Å². The fourth-order valence-corrected chi connectivity index (χ4v) is 4.53. The van der Waals surface area contributed by atoms with Crippen LogP contribution >= 0.6 is 15.2 Å². The van der Waals surface area contributed by atoms with Crippen LogP contribution in [0.2, 0.25) is 0 Å². The Bertz CT molecular complexity index is 444. The minimum absolute atomic E-state index is 0. The maximum atomic E-state index is 10.6. The van der Waals surface area contributed by atoms with Gasteiger partial charge >= 0.3 is 15.2 Å². The topological polar surface area (TPSA) is 115 Å². The van der Waals surface area contributed by atoms with Gasteiger partial charge in [0.1, 0.15) is 0 Å². The van der Waals surface area contributed by atoms with Crippen molar-refractivity contribution in [3.8, 4) is 0 Å². The molecule has 0 saturated carbocycles. The predicted octanol–water partition coefficient (Wildman–Crippen LogP) is 7.38. The zero-order valence-electron chi connectivity index (χ0n) is 20.3. The van der Waals surface area contributed by atoms with Gasteiger partial charge in [0.2, 0.25) is 0 Å². The van der Waals surface area contributed by atoms with Crippen LogP contribution in [0.15, 0.2) is 0 Å². The molecule has 202 valence electrons. The van der Waals surface area contributed by atoms with Crippen LogP contribution in [0, 0.1) is 0 Å². The molecule has 0 bridgehead atoms. The molecule has 0 aromatic carbocycles. The number of hydrogen-bond donors (Lipinski definition) is 4. The van der Waals surface area contributed by atoms with Crippen molar-refractivity contribution in [3.05, 3.63) is 0 Å². The van der Waals surface area contributed by atoms with Gasteiger partial charge in [0.15, 0.2) is 0 Å². The van der Waals surface area contributed by atoms with E-state index in [2.05, 4.69) is 13.8 Å². The van der Waals surface area contributed by atoms with E-state index in [1.54, 1.807) is 0 Å². The van der Waals surface area contributed by atoms with Crippen LogP contribution in [0.1, 0.15) is 129 Å². The van der Waals surface area contributed by atoms with E-state index in [0.717, 1.165) is 25.7 Å². The molecular formula is C22H50Co2O6P2. The molecule has 10 heteroatoms. The summed E-state index contributed by atoms with van der Waals surface area (Å²) in [6, 6.07) is 0. The Balaban J connectivity index is -0.000000232. The van der Waals surface area contributed by atoms with Crippen molar-refractivity contribution in [1.82, 2.24) is 0 Å². The molecule has 4 N–H and O–H groups in total. The second-order valence-electron chi connectivity index (χ2n) is 8.43. The molecule has 2 radical (unpaired) electrons. The van der Waals surface area contributed by atoms with Crippen molar-refractivity contribution in [2.45, 2.75) is 129 Å². The molecule has 0 aromatic rings. The van der Waals surface area contributed by atoms with Gasteiger partial charge in [-0.05, 0) is 12.8 Å². The smallest absolute Gasteiger partial charge is 0.324 e. The fraction of sp³-hybridized carbons (Fsp3) is 1.00. The Kier molecular flexibility index (Phi) is 36.1. The molecule has 0 spiro atoms. The second-order valence-corrected chi connectivity index (χ2v) is 12.0. The molecule has 0 aromatic heterocycles. The zero-order valence-corrected chi connectivity index (χ0v) is 24.2. The van der Waals surface area contributed by atoms with Gasteiger partial charge in [0.25, 0.3) is 0 Å². The molecule has 0 saturated heterocycles. The number of unbranched alkanes of at least 4 members (excludes halogenated alkanes) is 16. The van der Waals surface area contributed by atoms with Gasteiger partial charge in [0, 0.05) is 45.9 Å². The average molecular weight is 590 g/mol. The Morgan fingerprint density at radius 3 is 0.781 bits per heavy atom. The van der Waals surface area contributed by atoms with Gasteiger partial charge in [-0.25, -0.2) is 0 Å². The van der Waals surface area contributed by atoms with Gasteiger partial charge in [-0.2, -0.15) is 0 Å². The summed E-state index contributed by atoms with van der Waals surface area (Å²) >= 11 is 0.